The molecule has 5 rings (SSSR count). The lowest BCUT2D eigenvalue weighted by Gasteiger charge is -2.25. The van der Waals surface area contributed by atoms with Crippen LogP contribution < -0.4 is 15.5 Å². The van der Waals surface area contributed by atoms with Crippen LogP contribution in [0.25, 0.3) is 11.1 Å². The zero-order valence-corrected chi connectivity index (χ0v) is 17.8. The number of fused-ring (bicyclic) bond motifs is 3. The van der Waals surface area contributed by atoms with Crippen molar-refractivity contribution in [3.05, 3.63) is 89.5 Å². The van der Waals surface area contributed by atoms with Crippen molar-refractivity contribution < 1.29 is 19.5 Å². The van der Waals surface area contributed by atoms with Crippen LogP contribution in [0.5, 0.6) is 0 Å². The van der Waals surface area contributed by atoms with Crippen molar-refractivity contribution in [3.8, 4) is 11.1 Å². The molecule has 1 aliphatic heterocycles. The SMILES string of the molecule is O=C1CNC(=O)[C@H](Cc2ccc(N(CC3c4ccccc4-c4ccccc43)C(=O)O)cc2)N1. The maximum absolute atomic E-state index is 12.2. The number of carbonyl (C=O) groups excluding carboxylic acids is 2. The molecule has 0 spiro atoms. The summed E-state index contributed by atoms with van der Waals surface area (Å²) in [6.45, 7) is 0.291. The molecule has 0 radical (unpaired) electrons. The van der Waals surface area contributed by atoms with Crippen LogP contribution in [0.4, 0.5) is 10.5 Å². The molecule has 1 aliphatic carbocycles. The Morgan fingerprint density at radius 1 is 0.909 bits per heavy atom. The van der Waals surface area contributed by atoms with E-state index in [-0.39, 0.29) is 24.3 Å². The highest BCUT2D eigenvalue weighted by atomic mass is 16.4. The van der Waals surface area contributed by atoms with Gasteiger partial charge in [0.15, 0.2) is 0 Å². The summed E-state index contributed by atoms with van der Waals surface area (Å²) in [6, 6.07) is 22.7. The third-order valence-electron chi connectivity index (χ3n) is 6.32. The molecule has 33 heavy (non-hydrogen) atoms. The Morgan fingerprint density at radius 3 is 2.12 bits per heavy atom. The maximum Gasteiger partial charge on any atom is 0.411 e. The average Bonchev–Trinajstić information content (AvgIpc) is 3.14. The molecule has 1 fully saturated rings. The third kappa shape index (κ3) is 3.93. The Labute approximate surface area is 191 Å². The topological polar surface area (TPSA) is 98.7 Å². The highest BCUT2D eigenvalue weighted by Gasteiger charge is 2.31. The Hall–Kier alpha value is -4.13. The lowest BCUT2D eigenvalue weighted by atomic mass is 9.96. The van der Waals surface area contributed by atoms with Gasteiger partial charge in [-0.3, -0.25) is 14.5 Å². The number of hydrogen-bond acceptors (Lipinski definition) is 3. The molecular formula is C26H23N3O4. The van der Waals surface area contributed by atoms with Gasteiger partial charge in [-0.25, -0.2) is 4.79 Å². The molecule has 3 aromatic rings. The van der Waals surface area contributed by atoms with Gasteiger partial charge in [0.25, 0.3) is 0 Å². The van der Waals surface area contributed by atoms with Crippen LogP contribution in [0.15, 0.2) is 72.8 Å². The number of carbonyl (C=O) groups is 3. The largest absolute Gasteiger partial charge is 0.465 e. The summed E-state index contributed by atoms with van der Waals surface area (Å²) in [4.78, 5) is 37.1. The van der Waals surface area contributed by atoms with Crippen molar-refractivity contribution in [1.82, 2.24) is 10.6 Å². The van der Waals surface area contributed by atoms with E-state index in [1.165, 1.54) is 4.90 Å². The van der Waals surface area contributed by atoms with Crippen molar-refractivity contribution in [2.24, 2.45) is 0 Å². The molecule has 0 unspecified atom stereocenters. The van der Waals surface area contributed by atoms with Crippen molar-refractivity contribution in [3.63, 3.8) is 0 Å². The van der Waals surface area contributed by atoms with E-state index < -0.39 is 12.1 Å². The molecule has 1 heterocycles. The summed E-state index contributed by atoms with van der Waals surface area (Å²) < 4.78 is 0. The molecule has 1 saturated heterocycles. The lowest BCUT2D eigenvalue weighted by molar-refractivity contribution is -0.133. The molecule has 166 valence electrons. The first-order valence-electron chi connectivity index (χ1n) is 10.9. The molecule has 0 bridgehead atoms. The zero-order chi connectivity index (χ0) is 22.9. The average molecular weight is 441 g/mol. The van der Waals surface area contributed by atoms with Gasteiger partial charge >= 0.3 is 6.09 Å². The first kappa shape index (κ1) is 20.8. The molecule has 7 heteroatoms. The van der Waals surface area contributed by atoms with E-state index in [2.05, 4.69) is 34.9 Å². The number of piperazine rings is 1. The predicted octanol–water partition coefficient (Wildman–Crippen LogP) is 3.14. The Bertz CT molecular complexity index is 1190. The summed E-state index contributed by atoms with van der Waals surface area (Å²) in [6.07, 6.45) is -0.683. The van der Waals surface area contributed by atoms with E-state index in [9.17, 15) is 19.5 Å². The van der Waals surface area contributed by atoms with Gasteiger partial charge in [0.1, 0.15) is 6.04 Å². The van der Waals surface area contributed by atoms with E-state index in [0.29, 0.717) is 18.7 Å². The molecule has 3 amide bonds. The normalized spacial score (nSPS) is 17.0. The minimum atomic E-state index is -1.02. The van der Waals surface area contributed by atoms with Crippen LogP contribution in [0.2, 0.25) is 0 Å². The van der Waals surface area contributed by atoms with Crippen molar-refractivity contribution in [2.75, 3.05) is 18.0 Å². The molecule has 0 saturated carbocycles. The summed E-state index contributed by atoms with van der Waals surface area (Å²) in [5.74, 6) is -0.496. The quantitative estimate of drug-likeness (QED) is 0.567. The monoisotopic (exact) mass is 441 g/mol. The van der Waals surface area contributed by atoms with E-state index in [0.717, 1.165) is 27.8 Å². The number of carboxylic acid groups (broad SMARTS) is 1. The fourth-order valence-electron chi connectivity index (χ4n) is 4.73. The number of rotatable bonds is 5. The number of hydrogen-bond donors (Lipinski definition) is 3. The smallest absolute Gasteiger partial charge is 0.411 e. The second-order valence-electron chi connectivity index (χ2n) is 8.33. The first-order valence-corrected chi connectivity index (χ1v) is 10.9. The molecule has 0 aromatic heterocycles. The minimum absolute atomic E-state index is 0.00470. The van der Waals surface area contributed by atoms with Gasteiger partial charge < -0.3 is 15.7 Å². The van der Waals surface area contributed by atoms with E-state index >= 15 is 0 Å². The summed E-state index contributed by atoms with van der Waals surface area (Å²) >= 11 is 0. The highest BCUT2D eigenvalue weighted by Crippen LogP contribution is 2.45. The predicted molar refractivity (Wildman–Crippen MR) is 124 cm³/mol. The van der Waals surface area contributed by atoms with Gasteiger partial charge in [-0.15, -0.1) is 0 Å². The van der Waals surface area contributed by atoms with Gasteiger partial charge in [-0.1, -0.05) is 60.7 Å². The second-order valence-corrected chi connectivity index (χ2v) is 8.33. The third-order valence-corrected chi connectivity index (χ3v) is 6.32. The van der Waals surface area contributed by atoms with E-state index in [1.807, 2.05) is 24.3 Å². The van der Waals surface area contributed by atoms with Crippen molar-refractivity contribution in [2.45, 2.75) is 18.4 Å². The Morgan fingerprint density at radius 2 is 1.52 bits per heavy atom. The highest BCUT2D eigenvalue weighted by molar-refractivity contribution is 5.95. The number of anilines is 1. The van der Waals surface area contributed by atoms with E-state index in [4.69, 9.17) is 0 Å². The fourth-order valence-corrected chi connectivity index (χ4v) is 4.73. The van der Waals surface area contributed by atoms with Crippen LogP contribution in [-0.4, -0.2) is 42.1 Å². The minimum Gasteiger partial charge on any atom is -0.465 e. The molecular weight excluding hydrogens is 418 g/mol. The zero-order valence-electron chi connectivity index (χ0n) is 17.8. The van der Waals surface area contributed by atoms with E-state index in [1.54, 1.807) is 24.3 Å². The lowest BCUT2D eigenvalue weighted by Crippen LogP contribution is -2.56. The van der Waals surface area contributed by atoms with Crippen LogP contribution in [-0.2, 0) is 16.0 Å². The van der Waals surface area contributed by atoms with Crippen molar-refractivity contribution in [1.29, 1.82) is 0 Å². The molecule has 1 atom stereocenters. The number of benzene rings is 3. The summed E-state index contributed by atoms with van der Waals surface area (Å²) in [7, 11) is 0. The second kappa shape index (κ2) is 8.43. The number of nitrogens with one attached hydrogen (secondary N) is 2. The van der Waals surface area contributed by atoms with Crippen molar-refractivity contribution >= 4 is 23.6 Å². The summed E-state index contributed by atoms with van der Waals surface area (Å²) in [5, 5.41) is 15.3. The van der Waals surface area contributed by atoms with Crippen LogP contribution in [0.3, 0.4) is 0 Å². The Kier molecular flexibility index (Phi) is 5.30. The molecule has 3 N–H and O–H groups in total. The summed E-state index contributed by atoms with van der Waals surface area (Å²) in [5.41, 5.74) is 5.94. The fraction of sp³-hybridized carbons (Fsp3) is 0.192. The van der Waals surface area contributed by atoms with Gasteiger partial charge in [0.05, 0.1) is 6.54 Å². The number of nitrogens with zero attached hydrogens (tertiary/aromatic N) is 1. The standard InChI is InChI=1S/C26H23N3O4/c30-24-14-27-25(31)23(28-24)13-16-9-11-17(12-10-16)29(26(32)33)15-22-20-7-3-1-5-18(20)19-6-2-4-8-21(19)22/h1-12,22-23H,13-15H2,(H,27,31)(H,28,30)(H,32,33)/t23-/m0/s1. The molecule has 7 nitrogen and oxygen atoms in total. The Balaban J connectivity index is 1.38. The van der Waals surface area contributed by atoms with Crippen LogP contribution in [0, 0.1) is 0 Å². The molecule has 3 aromatic carbocycles. The van der Waals surface area contributed by atoms with Gasteiger partial charge in [0.2, 0.25) is 11.8 Å². The van der Waals surface area contributed by atoms with Crippen LogP contribution >= 0.6 is 0 Å². The van der Waals surface area contributed by atoms with Gasteiger partial charge in [-0.05, 0) is 39.9 Å². The van der Waals surface area contributed by atoms with Crippen LogP contribution in [0.1, 0.15) is 22.6 Å². The van der Waals surface area contributed by atoms with Gasteiger partial charge in [-0.2, -0.15) is 0 Å². The maximum atomic E-state index is 12.2. The first-order chi connectivity index (χ1) is 16.0. The number of amides is 3. The van der Waals surface area contributed by atoms with Gasteiger partial charge in [0, 0.05) is 24.6 Å². The molecule has 2 aliphatic rings.